The molecule has 0 rings (SSSR count). The maximum atomic E-state index is 13.2. The fraction of sp³-hybridized carbons (Fsp3) is 0.556. The van der Waals surface area contributed by atoms with Crippen LogP contribution in [0.2, 0.25) is 0 Å². The van der Waals surface area contributed by atoms with Gasteiger partial charge in [-0.15, -0.1) is 0 Å². The van der Waals surface area contributed by atoms with E-state index in [2.05, 4.69) is 5.32 Å². The Hall–Kier alpha value is -1.27. The molecule has 0 aromatic carbocycles. The molecule has 0 radical (unpaired) electrons. The topological polar surface area (TPSA) is 99.2 Å². The summed E-state index contributed by atoms with van der Waals surface area (Å²) in [6.07, 6.45) is 2.66. The predicted octanol–water partition coefficient (Wildman–Crippen LogP) is 0.271. The molecule has 0 aliphatic rings. The van der Waals surface area contributed by atoms with Gasteiger partial charge in [0.05, 0.1) is 0 Å². The third-order valence-electron chi connectivity index (χ3n) is 1.83. The van der Waals surface area contributed by atoms with Gasteiger partial charge < -0.3 is 21.6 Å². The third kappa shape index (κ3) is 4.66. The van der Waals surface area contributed by atoms with Gasteiger partial charge in [-0.2, -0.15) is 0 Å². The lowest BCUT2D eigenvalue weighted by Crippen LogP contribution is -2.45. The Morgan fingerprint density at radius 2 is 2.33 bits per heavy atom. The Bertz CT molecular complexity index is 264. The maximum Gasteiger partial charge on any atom is 0.330 e. The molecular weight excluding hydrogens is 201 g/mol. The van der Waals surface area contributed by atoms with Gasteiger partial charge in [0.1, 0.15) is 5.83 Å². The predicted molar refractivity (Wildman–Crippen MR) is 55.7 cm³/mol. The van der Waals surface area contributed by atoms with Gasteiger partial charge in [-0.25, -0.2) is 9.18 Å². The van der Waals surface area contributed by atoms with Gasteiger partial charge in [0.2, 0.25) is 0 Å². The Labute approximate surface area is 87.7 Å². The van der Waals surface area contributed by atoms with E-state index in [0.29, 0.717) is 19.5 Å². The lowest BCUT2D eigenvalue weighted by Gasteiger charge is -2.16. The van der Waals surface area contributed by atoms with Crippen molar-refractivity contribution >= 4 is 12.2 Å². The van der Waals surface area contributed by atoms with Crippen LogP contribution in [0.15, 0.2) is 11.9 Å². The molecule has 1 unspecified atom stereocenters. The van der Waals surface area contributed by atoms with Crippen LogP contribution in [0, 0.1) is 5.41 Å². The average molecular weight is 217 g/mol. The maximum absolute atomic E-state index is 13.2. The quantitative estimate of drug-likeness (QED) is 0.363. The largest absolute Gasteiger partial charge is 0.480 e. The number of halogens is 1. The zero-order valence-corrected chi connectivity index (χ0v) is 8.59. The summed E-state index contributed by atoms with van der Waals surface area (Å²) in [5.74, 6) is -2.25. The SMILES string of the molecule is CC(N)(C(=O)O)/C(F)=C\CCNCC=N. The van der Waals surface area contributed by atoms with Crippen LogP contribution in [-0.2, 0) is 4.79 Å². The van der Waals surface area contributed by atoms with Gasteiger partial charge in [-0.1, -0.05) is 0 Å². The van der Waals surface area contributed by atoms with E-state index in [9.17, 15) is 9.18 Å². The van der Waals surface area contributed by atoms with Crippen LogP contribution in [0.4, 0.5) is 4.39 Å². The Morgan fingerprint density at radius 1 is 1.73 bits per heavy atom. The first-order valence-electron chi connectivity index (χ1n) is 4.51. The molecule has 15 heavy (non-hydrogen) atoms. The van der Waals surface area contributed by atoms with Crippen LogP contribution in [-0.4, -0.2) is 35.9 Å². The third-order valence-corrected chi connectivity index (χ3v) is 1.83. The van der Waals surface area contributed by atoms with Crippen LogP contribution in [0.3, 0.4) is 0 Å². The second-order valence-electron chi connectivity index (χ2n) is 3.26. The van der Waals surface area contributed by atoms with Crippen LogP contribution in [0.25, 0.3) is 0 Å². The number of nitrogens with two attached hydrogens (primary N) is 1. The van der Waals surface area contributed by atoms with E-state index < -0.39 is 17.3 Å². The number of carbonyl (C=O) groups is 1. The lowest BCUT2D eigenvalue weighted by atomic mass is 10.0. The highest BCUT2D eigenvalue weighted by Gasteiger charge is 2.33. The summed E-state index contributed by atoms with van der Waals surface area (Å²) in [7, 11) is 0. The molecule has 0 aromatic heterocycles. The van der Waals surface area contributed by atoms with Crippen LogP contribution >= 0.6 is 0 Å². The van der Waals surface area contributed by atoms with Crippen molar-refractivity contribution in [3.05, 3.63) is 11.9 Å². The number of carboxylic acid groups (broad SMARTS) is 1. The summed E-state index contributed by atoms with van der Waals surface area (Å²) in [6, 6.07) is 0. The van der Waals surface area contributed by atoms with Crippen LogP contribution in [0.5, 0.6) is 0 Å². The van der Waals surface area contributed by atoms with Crippen molar-refractivity contribution in [1.29, 1.82) is 5.41 Å². The standard InChI is InChI=1S/C9H16FN3O2/c1-9(12,8(14)15)7(10)3-2-5-13-6-4-11/h3-4,11,13H,2,5-6,12H2,1H3,(H,14,15)/b7-3+,11-4?. The minimum Gasteiger partial charge on any atom is -0.480 e. The van der Waals surface area contributed by atoms with Gasteiger partial charge >= 0.3 is 5.97 Å². The first-order valence-corrected chi connectivity index (χ1v) is 4.51. The molecule has 0 aliphatic heterocycles. The van der Waals surface area contributed by atoms with E-state index in [0.717, 1.165) is 13.0 Å². The van der Waals surface area contributed by atoms with Crippen molar-refractivity contribution < 1.29 is 14.3 Å². The minimum atomic E-state index is -1.96. The zero-order valence-electron chi connectivity index (χ0n) is 8.59. The van der Waals surface area contributed by atoms with Crippen molar-refractivity contribution in [3.8, 4) is 0 Å². The highest BCUT2D eigenvalue weighted by Crippen LogP contribution is 2.15. The van der Waals surface area contributed by atoms with Gasteiger partial charge in [0.15, 0.2) is 5.54 Å². The van der Waals surface area contributed by atoms with Crippen molar-refractivity contribution in [1.82, 2.24) is 5.32 Å². The molecule has 5 N–H and O–H groups in total. The molecule has 0 saturated heterocycles. The van der Waals surface area contributed by atoms with E-state index in [1.807, 2.05) is 0 Å². The summed E-state index contributed by atoms with van der Waals surface area (Å²) < 4.78 is 13.2. The van der Waals surface area contributed by atoms with Crippen LogP contribution < -0.4 is 11.1 Å². The Morgan fingerprint density at radius 3 is 2.80 bits per heavy atom. The van der Waals surface area contributed by atoms with Crippen molar-refractivity contribution in [2.45, 2.75) is 18.9 Å². The van der Waals surface area contributed by atoms with Gasteiger partial charge in [0.25, 0.3) is 0 Å². The fourth-order valence-electron chi connectivity index (χ4n) is 0.789. The van der Waals surface area contributed by atoms with E-state index in [4.69, 9.17) is 16.2 Å². The summed E-state index contributed by atoms with van der Waals surface area (Å²) in [6.45, 7) is 1.99. The summed E-state index contributed by atoms with van der Waals surface area (Å²) in [4.78, 5) is 10.5. The van der Waals surface area contributed by atoms with Gasteiger partial charge in [0, 0.05) is 12.8 Å². The molecule has 0 bridgehead atoms. The normalized spacial score (nSPS) is 15.8. The summed E-state index contributed by atoms with van der Waals surface area (Å²) in [5.41, 5.74) is 3.29. The molecule has 0 heterocycles. The first kappa shape index (κ1) is 13.7. The lowest BCUT2D eigenvalue weighted by molar-refractivity contribution is -0.141. The second-order valence-corrected chi connectivity index (χ2v) is 3.26. The summed E-state index contributed by atoms with van der Waals surface area (Å²) >= 11 is 0. The Kier molecular flexibility index (Phi) is 5.73. The zero-order chi connectivity index (χ0) is 11.9. The summed E-state index contributed by atoms with van der Waals surface area (Å²) in [5, 5.41) is 18.1. The molecule has 1 atom stereocenters. The second kappa shape index (κ2) is 6.26. The monoisotopic (exact) mass is 217 g/mol. The molecule has 5 nitrogen and oxygen atoms in total. The van der Waals surface area contributed by atoms with E-state index >= 15 is 0 Å². The van der Waals surface area contributed by atoms with E-state index in [1.54, 1.807) is 0 Å². The number of hydrogen-bond acceptors (Lipinski definition) is 4. The van der Waals surface area contributed by atoms with E-state index in [-0.39, 0.29) is 0 Å². The Balaban J connectivity index is 4.08. The van der Waals surface area contributed by atoms with Crippen molar-refractivity contribution in [2.75, 3.05) is 13.1 Å². The minimum absolute atomic E-state index is 0.333. The number of carboxylic acids is 1. The van der Waals surface area contributed by atoms with Gasteiger partial charge in [-0.3, -0.25) is 0 Å². The van der Waals surface area contributed by atoms with E-state index in [1.165, 1.54) is 6.21 Å². The number of hydrogen-bond donors (Lipinski definition) is 4. The van der Waals surface area contributed by atoms with Crippen LogP contribution in [0.1, 0.15) is 13.3 Å². The number of nitrogens with one attached hydrogen (secondary N) is 2. The highest BCUT2D eigenvalue weighted by molar-refractivity contribution is 5.81. The molecule has 0 aromatic rings. The smallest absolute Gasteiger partial charge is 0.330 e. The molecule has 6 heteroatoms. The molecular formula is C9H16FN3O2. The number of aliphatic carboxylic acids is 1. The highest BCUT2D eigenvalue weighted by atomic mass is 19.1. The van der Waals surface area contributed by atoms with Crippen molar-refractivity contribution in [3.63, 3.8) is 0 Å². The molecule has 0 amide bonds. The first-order chi connectivity index (χ1) is 6.92. The van der Waals surface area contributed by atoms with Gasteiger partial charge in [-0.05, 0) is 26.0 Å². The van der Waals surface area contributed by atoms with Crippen molar-refractivity contribution in [2.24, 2.45) is 5.73 Å². The molecule has 86 valence electrons. The fourth-order valence-corrected chi connectivity index (χ4v) is 0.789. The molecule has 0 fully saturated rings. The molecule has 0 aliphatic carbocycles. The molecule has 0 saturated carbocycles. The molecule has 0 spiro atoms. The number of rotatable bonds is 7. The average Bonchev–Trinajstić information content (AvgIpc) is 2.16.